The first kappa shape index (κ1) is 14.7. The van der Waals surface area contributed by atoms with Crippen LogP contribution in [0.4, 0.5) is 5.13 Å². The van der Waals surface area contributed by atoms with Gasteiger partial charge in [-0.25, -0.2) is 4.98 Å². The lowest BCUT2D eigenvalue weighted by Crippen LogP contribution is -2.37. The number of likely N-dealkylation sites (N-methyl/N-ethyl adjacent to an activating group) is 1. The third-order valence-electron chi connectivity index (χ3n) is 3.53. The number of rotatable bonds is 4. The van der Waals surface area contributed by atoms with Crippen molar-refractivity contribution in [2.75, 3.05) is 38.7 Å². The Hall–Kier alpha value is -0.690. The Kier molecular flexibility index (Phi) is 5.15. The van der Waals surface area contributed by atoms with Gasteiger partial charge in [0.05, 0.1) is 12.3 Å². The molecule has 1 fully saturated rings. The first-order valence-corrected chi connectivity index (χ1v) is 7.60. The molecule has 1 saturated heterocycles. The standard InChI is InChI=1S/C13H24N4OS/c1-10-8-16(2)5-4-6-17(10)13-15-11(9-18-3)12(7-14)19-13/h10H,4-9,14H2,1-3H3. The molecule has 0 radical (unpaired) electrons. The topological polar surface area (TPSA) is 54.6 Å². The van der Waals surface area contributed by atoms with Crippen molar-refractivity contribution in [3.8, 4) is 0 Å². The normalized spacial score (nSPS) is 21.7. The predicted octanol–water partition coefficient (Wildman–Crippen LogP) is 1.28. The zero-order valence-corrected chi connectivity index (χ0v) is 12.9. The van der Waals surface area contributed by atoms with Gasteiger partial charge in [-0.3, -0.25) is 0 Å². The summed E-state index contributed by atoms with van der Waals surface area (Å²) in [6.07, 6.45) is 1.18. The maximum atomic E-state index is 5.80. The predicted molar refractivity (Wildman–Crippen MR) is 79.6 cm³/mol. The molecule has 5 nitrogen and oxygen atoms in total. The summed E-state index contributed by atoms with van der Waals surface area (Å²) in [7, 11) is 3.88. The van der Waals surface area contributed by atoms with E-state index in [0.29, 0.717) is 19.2 Å². The second kappa shape index (κ2) is 6.65. The number of thiazole rings is 1. The molecule has 1 aromatic heterocycles. The molecule has 2 rings (SSSR count). The number of nitrogens with zero attached hydrogens (tertiary/aromatic N) is 3. The molecule has 2 heterocycles. The second-order valence-corrected chi connectivity index (χ2v) is 6.22. The summed E-state index contributed by atoms with van der Waals surface area (Å²) in [4.78, 5) is 10.7. The van der Waals surface area contributed by atoms with E-state index in [0.717, 1.165) is 35.3 Å². The highest BCUT2D eigenvalue weighted by molar-refractivity contribution is 7.15. The molecule has 0 bridgehead atoms. The van der Waals surface area contributed by atoms with Crippen molar-refractivity contribution in [2.24, 2.45) is 5.73 Å². The van der Waals surface area contributed by atoms with E-state index in [-0.39, 0.29) is 0 Å². The molecule has 1 aliphatic heterocycles. The van der Waals surface area contributed by atoms with E-state index >= 15 is 0 Å². The lowest BCUT2D eigenvalue weighted by atomic mass is 10.3. The lowest BCUT2D eigenvalue weighted by Gasteiger charge is -2.27. The van der Waals surface area contributed by atoms with Crippen LogP contribution in [0.25, 0.3) is 0 Å². The van der Waals surface area contributed by atoms with Crippen molar-refractivity contribution < 1.29 is 4.74 Å². The van der Waals surface area contributed by atoms with E-state index < -0.39 is 0 Å². The molecule has 0 amide bonds. The number of ether oxygens (including phenoxy) is 1. The highest BCUT2D eigenvalue weighted by Gasteiger charge is 2.23. The summed E-state index contributed by atoms with van der Waals surface area (Å²) in [6.45, 7) is 6.65. The fourth-order valence-corrected chi connectivity index (χ4v) is 3.63. The van der Waals surface area contributed by atoms with Crippen LogP contribution in [0, 0.1) is 0 Å². The van der Waals surface area contributed by atoms with Gasteiger partial charge < -0.3 is 20.3 Å². The zero-order valence-electron chi connectivity index (χ0n) is 12.1. The van der Waals surface area contributed by atoms with Gasteiger partial charge in [-0.1, -0.05) is 0 Å². The van der Waals surface area contributed by atoms with E-state index in [1.165, 1.54) is 6.42 Å². The summed E-state index contributed by atoms with van der Waals surface area (Å²) in [5.41, 5.74) is 6.79. The molecule has 6 heteroatoms. The Balaban J connectivity index is 2.19. The maximum absolute atomic E-state index is 5.80. The van der Waals surface area contributed by atoms with Crippen LogP contribution in [0.5, 0.6) is 0 Å². The second-order valence-electron chi connectivity index (χ2n) is 5.16. The van der Waals surface area contributed by atoms with E-state index in [1.807, 2.05) is 0 Å². The Bertz CT molecular complexity index is 409. The van der Waals surface area contributed by atoms with Gasteiger partial charge in [0.15, 0.2) is 5.13 Å². The average molecular weight is 284 g/mol. The van der Waals surface area contributed by atoms with E-state index in [9.17, 15) is 0 Å². The van der Waals surface area contributed by atoms with Crippen LogP contribution in [0.1, 0.15) is 23.9 Å². The minimum Gasteiger partial charge on any atom is -0.378 e. The van der Waals surface area contributed by atoms with E-state index in [2.05, 4.69) is 23.8 Å². The van der Waals surface area contributed by atoms with Gasteiger partial charge in [0.25, 0.3) is 0 Å². The molecule has 1 unspecified atom stereocenters. The Labute approximate surface area is 119 Å². The number of aromatic nitrogens is 1. The molecule has 0 saturated carbocycles. The van der Waals surface area contributed by atoms with E-state index in [4.69, 9.17) is 15.5 Å². The lowest BCUT2D eigenvalue weighted by molar-refractivity contribution is 0.181. The van der Waals surface area contributed by atoms with Crippen molar-refractivity contribution in [1.82, 2.24) is 9.88 Å². The number of anilines is 1. The average Bonchev–Trinajstić information content (AvgIpc) is 2.69. The van der Waals surface area contributed by atoms with Crippen LogP contribution in [0.3, 0.4) is 0 Å². The molecule has 19 heavy (non-hydrogen) atoms. The summed E-state index contributed by atoms with van der Waals surface area (Å²) < 4.78 is 5.20. The first-order chi connectivity index (χ1) is 9.15. The molecule has 108 valence electrons. The van der Waals surface area contributed by atoms with Gasteiger partial charge in [-0.05, 0) is 26.9 Å². The third kappa shape index (κ3) is 3.45. The van der Waals surface area contributed by atoms with Crippen molar-refractivity contribution in [3.05, 3.63) is 10.6 Å². The van der Waals surface area contributed by atoms with Crippen LogP contribution >= 0.6 is 11.3 Å². The van der Waals surface area contributed by atoms with Gasteiger partial charge in [0.2, 0.25) is 0 Å². The van der Waals surface area contributed by atoms with Crippen LogP contribution in [-0.4, -0.2) is 49.7 Å². The summed E-state index contributed by atoms with van der Waals surface area (Å²) in [6, 6.07) is 0.486. The molecule has 2 N–H and O–H groups in total. The molecule has 0 aromatic carbocycles. The molecular formula is C13H24N4OS. The molecule has 0 spiro atoms. The van der Waals surface area contributed by atoms with Crippen LogP contribution < -0.4 is 10.6 Å². The van der Waals surface area contributed by atoms with Gasteiger partial charge in [-0.2, -0.15) is 0 Å². The third-order valence-corrected chi connectivity index (χ3v) is 4.68. The van der Waals surface area contributed by atoms with Crippen molar-refractivity contribution in [2.45, 2.75) is 32.5 Å². The van der Waals surface area contributed by atoms with Crippen LogP contribution in [-0.2, 0) is 17.9 Å². The van der Waals surface area contributed by atoms with Gasteiger partial charge in [0, 0.05) is 37.7 Å². The minimum absolute atomic E-state index is 0.486. The summed E-state index contributed by atoms with van der Waals surface area (Å²) in [5.74, 6) is 0. The maximum Gasteiger partial charge on any atom is 0.186 e. The van der Waals surface area contributed by atoms with Crippen LogP contribution in [0.15, 0.2) is 0 Å². The number of hydrogen-bond donors (Lipinski definition) is 1. The van der Waals surface area contributed by atoms with Crippen molar-refractivity contribution >= 4 is 16.5 Å². The van der Waals surface area contributed by atoms with Crippen molar-refractivity contribution in [3.63, 3.8) is 0 Å². The quantitative estimate of drug-likeness (QED) is 0.902. The Morgan fingerprint density at radius 2 is 2.26 bits per heavy atom. The van der Waals surface area contributed by atoms with Gasteiger partial charge in [0.1, 0.15) is 0 Å². The monoisotopic (exact) mass is 284 g/mol. The largest absolute Gasteiger partial charge is 0.378 e. The smallest absolute Gasteiger partial charge is 0.186 e. The highest BCUT2D eigenvalue weighted by Crippen LogP contribution is 2.29. The fraction of sp³-hybridized carbons (Fsp3) is 0.769. The van der Waals surface area contributed by atoms with Gasteiger partial charge in [-0.15, -0.1) is 11.3 Å². The number of methoxy groups -OCH3 is 1. The van der Waals surface area contributed by atoms with Gasteiger partial charge >= 0.3 is 0 Å². The molecule has 1 atom stereocenters. The molecule has 0 aliphatic carbocycles. The molecular weight excluding hydrogens is 260 g/mol. The SMILES string of the molecule is COCc1nc(N2CCCN(C)CC2C)sc1CN. The number of nitrogens with two attached hydrogens (primary N) is 1. The van der Waals surface area contributed by atoms with Crippen molar-refractivity contribution in [1.29, 1.82) is 0 Å². The Morgan fingerprint density at radius 1 is 1.47 bits per heavy atom. The fourth-order valence-electron chi connectivity index (χ4n) is 2.56. The van der Waals surface area contributed by atoms with Crippen LogP contribution in [0.2, 0.25) is 0 Å². The molecule has 1 aliphatic rings. The zero-order chi connectivity index (χ0) is 13.8. The minimum atomic E-state index is 0.486. The first-order valence-electron chi connectivity index (χ1n) is 6.78. The summed E-state index contributed by atoms with van der Waals surface area (Å²) in [5, 5.41) is 1.09. The molecule has 1 aromatic rings. The highest BCUT2D eigenvalue weighted by atomic mass is 32.1. The Morgan fingerprint density at radius 3 is 2.95 bits per heavy atom. The number of hydrogen-bond acceptors (Lipinski definition) is 6. The van der Waals surface area contributed by atoms with E-state index in [1.54, 1.807) is 18.4 Å². The summed E-state index contributed by atoms with van der Waals surface area (Å²) >= 11 is 1.71.